The van der Waals surface area contributed by atoms with E-state index >= 15 is 0 Å². The highest BCUT2D eigenvalue weighted by atomic mass is 35.5. The Morgan fingerprint density at radius 2 is 2.23 bits per heavy atom. The Kier molecular flexibility index (Phi) is 3.32. The number of carbonyl (C=O) groups excluding carboxylic acids is 1. The molecule has 0 radical (unpaired) electrons. The SMILES string of the molecule is CCc1cc(C(=O)NC)ccc1Cl. The summed E-state index contributed by atoms with van der Waals surface area (Å²) in [5.41, 5.74) is 1.66. The lowest BCUT2D eigenvalue weighted by Gasteiger charge is -2.04. The summed E-state index contributed by atoms with van der Waals surface area (Å²) in [4.78, 5) is 11.2. The zero-order valence-corrected chi connectivity index (χ0v) is 8.48. The molecular formula is C10H12ClNO. The van der Waals surface area contributed by atoms with Crippen LogP contribution in [0.2, 0.25) is 5.02 Å². The van der Waals surface area contributed by atoms with E-state index in [-0.39, 0.29) is 5.91 Å². The summed E-state index contributed by atoms with van der Waals surface area (Å²) in [5, 5.41) is 3.29. The average Bonchev–Trinajstić information content (AvgIpc) is 2.17. The number of rotatable bonds is 2. The number of carbonyl (C=O) groups is 1. The Morgan fingerprint density at radius 1 is 1.54 bits per heavy atom. The molecule has 0 bridgehead atoms. The Balaban J connectivity index is 3.06. The van der Waals surface area contributed by atoms with Crippen LogP contribution in [0.25, 0.3) is 0 Å². The van der Waals surface area contributed by atoms with Crippen LogP contribution in [-0.4, -0.2) is 13.0 Å². The van der Waals surface area contributed by atoms with Gasteiger partial charge < -0.3 is 5.32 Å². The van der Waals surface area contributed by atoms with Crippen molar-refractivity contribution in [1.29, 1.82) is 0 Å². The molecule has 0 saturated heterocycles. The van der Waals surface area contributed by atoms with Gasteiger partial charge in [0, 0.05) is 17.6 Å². The van der Waals surface area contributed by atoms with Crippen molar-refractivity contribution >= 4 is 17.5 Å². The van der Waals surface area contributed by atoms with E-state index in [2.05, 4.69) is 5.32 Å². The zero-order chi connectivity index (χ0) is 9.84. The molecule has 1 aromatic carbocycles. The number of nitrogens with one attached hydrogen (secondary N) is 1. The predicted octanol–water partition coefficient (Wildman–Crippen LogP) is 2.26. The summed E-state index contributed by atoms with van der Waals surface area (Å²) in [6.45, 7) is 2.01. The second-order valence-electron chi connectivity index (χ2n) is 2.74. The minimum absolute atomic E-state index is 0.0774. The molecule has 2 nitrogen and oxygen atoms in total. The van der Waals surface area contributed by atoms with Crippen molar-refractivity contribution in [3.8, 4) is 0 Å². The minimum atomic E-state index is -0.0774. The molecular weight excluding hydrogens is 186 g/mol. The molecule has 1 aromatic rings. The molecule has 0 heterocycles. The number of benzene rings is 1. The van der Waals surface area contributed by atoms with Crippen LogP contribution in [0.15, 0.2) is 18.2 Å². The van der Waals surface area contributed by atoms with Crippen molar-refractivity contribution < 1.29 is 4.79 Å². The van der Waals surface area contributed by atoms with Gasteiger partial charge in [0.15, 0.2) is 0 Å². The third-order valence-corrected chi connectivity index (χ3v) is 2.28. The average molecular weight is 198 g/mol. The second-order valence-corrected chi connectivity index (χ2v) is 3.15. The van der Waals surface area contributed by atoms with Crippen molar-refractivity contribution in [2.45, 2.75) is 13.3 Å². The highest BCUT2D eigenvalue weighted by Gasteiger charge is 2.05. The van der Waals surface area contributed by atoms with Crippen molar-refractivity contribution in [1.82, 2.24) is 5.32 Å². The van der Waals surface area contributed by atoms with Crippen LogP contribution in [0.4, 0.5) is 0 Å². The van der Waals surface area contributed by atoms with E-state index in [1.54, 1.807) is 19.2 Å². The summed E-state index contributed by atoms with van der Waals surface area (Å²) < 4.78 is 0. The first kappa shape index (κ1) is 10.1. The molecule has 1 amide bonds. The van der Waals surface area contributed by atoms with Gasteiger partial charge in [-0.05, 0) is 30.2 Å². The Bertz CT molecular complexity index is 323. The third kappa shape index (κ3) is 2.22. The van der Waals surface area contributed by atoms with Crippen LogP contribution in [-0.2, 0) is 6.42 Å². The van der Waals surface area contributed by atoms with Gasteiger partial charge in [-0.1, -0.05) is 18.5 Å². The van der Waals surface area contributed by atoms with Crippen LogP contribution >= 0.6 is 11.6 Å². The molecule has 0 unspecified atom stereocenters. The Hall–Kier alpha value is -1.02. The molecule has 0 spiro atoms. The van der Waals surface area contributed by atoms with Crippen molar-refractivity contribution in [2.75, 3.05) is 7.05 Å². The van der Waals surface area contributed by atoms with E-state index in [9.17, 15) is 4.79 Å². The molecule has 0 aliphatic rings. The van der Waals surface area contributed by atoms with Gasteiger partial charge in [-0.15, -0.1) is 0 Å². The number of halogens is 1. The van der Waals surface area contributed by atoms with Crippen LogP contribution in [0.1, 0.15) is 22.8 Å². The van der Waals surface area contributed by atoms with Gasteiger partial charge in [-0.3, -0.25) is 4.79 Å². The second kappa shape index (κ2) is 4.28. The molecule has 0 saturated carbocycles. The standard InChI is InChI=1S/C10H12ClNO/c1-3-7-6-8(10(13)12-2)4-5-9(7)11/h4-6H,3H2,1-2H3,(H,12,13). The lowest BCUT2D eigenvalue weighted by molar-refractivity contribution is 0.0963. The van der Waals surface area contributed by atoms with Crippen LogP contribution in [0, 0.1) is 0 Å². The largest absolute Gasteiger partial charge is 0.355 e. The maximum Gasteiger partial charge on any atom is 0.251 e. The highest BCUT2D eigenvalue weighted by molar-refractivity contribution is 6.31. The van der Waals surface area contributed by atoms with E-state index in [0.29, 0.717) is 5.56 Å². The molecule has 70 valence electrons. The molecule has 0 aliphatic heterocycles. The van der Waals surface area contributed by atoms with Crippen molar-refractivity contribution in [2.24, 2.45) is 0 Å². The maximum absolute atomic E-state index is 11.2. The van der Waals surface area contributed by atoms with Gasteiger partial charge in [0.05, 0.1) is 0 Å². The molecule has 13 heavy (non-hydrogen) atoms. The molecule has 0 fully saturated rings. The highest BCUT2D eigenvalue weighted by Crippen LogP contribution is 2.17. The fraction of sp³-hybridized carbons (Fsp3) is 0.300. The number of hydrogen-bond donors (Lipinski definition) is 1. The quantitative estimate of drug-likeness (QED) is 0.775. The fourth-order valence-electron chi connectivity index (χ4n) is 1.13. The number of hydrogen-bond acceptors (Lipinski definition) is 1. The predicted molar refractivity (Wildman–Crippen MR) is 54.2 cm³/mol. The van der Waals surface area contributed by atoms with Crippen LogP contribution < -0.4 is 5.32 Å². The molecule has 0 aromatic heterocycles. The van der Waals surface area contributed by atoms with E-state index < -0.39 is 0 Å². The molecule has 0 atom stereocenters. The summed E-state index contributed by atoms with van der Waals surface area (Å²) in [7, 11) is 1.61. The smallest absolute Gasteiger partial charge is 0.251 e. The first-order valence-electron chi connectivity index (χ1n) is 4.19. The maximum atomic E-state index is 11.2. The topological polar surface area (TPSA) is 29.1 Å². The fourth-order valence-corrected chi connectivity index (χ4v) is 1.38. The monoisotopic (exact) mass is 197 g/mol. The summed E-state index contributed by atoms with van der Waals surface area (Å²) >= 11 is 5.91. The normalized spacial score (nSPS) is 9.77. The summed E-state index contributed by atoms with van der Waals surface area (Å²) in [6, 6.07) is 5.30. The summed E-state index contributed by atoms with van der Waals surface area (Å²) in [6.07, 6.45) is 0.837. The van der Waals surface area contributed by atoms with E-state index in [0.717, 1.165) is 17.0 Å². The van der Waals surface area contributed by atoms with Gasteiger partial charge in [0.25, 0.3) is 5.91 Å². The Labute approximate surface area is 82.9 Å². The first-order valence-corrected chi connectivity index (χ1v) is 4.57. The van der Waals surface area contributed by atoms with Gasteiger partial charge >= 0.3 is 0 Å². The van der Waals surface area contributed by atoms with Gasteiger partial charge in [-0.2, -0.15) is 0 Å². The van der Waals surface area contributed by atoms with Gasteiger partial charge in [-0.25, -0.2) is 0 Å². The number of amides is 1. The third-order valence-electron chi connectivity index (χ3n) is 1.92. The van der Waals surface area contributed by atoms with E-state index in [1.807, 2.05) is 13.0 Å². The van der Waals surface area contributed by atoms with Crippen LogP contribution in [0.5, 0.6) is 0 Å². The molecule has 1 rings (SSSR count). The lowest BCUT2D eigenvalue weighted by Crippen LogP contribution is -2.17. The lowest BCUT2D eigenvalue weighted by atomic mass is 10.1. The first-order chi connectivity index (χ1) is 6.19. The minimum Gasteiger partial charge on any atom is -0.355 e. The summed E-state index contributed by atoms with van der Waals surface area (Å²) in [5.74, 6) is -0.0774. The van der Waals surface area contributed by atoms with Crippen molar-refractivity contribution in [3.05, 3.63) is 34.3 Å². The Morgan fingerprint density at radius 3 is 2.77 bits per heavy atom. The molecule has 0 aliphatic carbocycles. The van der Waals surface area contributed by atoms with Crippen molar-refractivity contribution in [3.63, 3.8) is 0 Å². The van der Waals surface area contributed by atoms with E-state index in [4.69, 9.17) is 11.6 Å². The molecule has 1 N–H and O–H groups in total. The van der Waals surface area contributed by atoms with E-state index in [1.165, 1.54) is 0 Å². The zero-order valence-electron chi connectivity index (χ0n) is 7.73. The van der Waals surface area contributed by atoms with Gasteiger partial charge in [0.1, 0.15) is 0 Å². The number of aryl methyl sites for hydroxylation is 1. The molecule has 3 heteroatoms. The van der Waals surface area contributed by atoms with Gasteiger partial charge in [0.2, 0.25) is 0 Å². The van der Waals surface area contributed by atoms with Crippen LogP contribution in [0.3, 0.4) is 0 Å².